The molecule has 0 unspecified atom stereocenters. The van der Waals surface area contributed by atoms with Crippen molar-refractivity contribution in [3.05, 3.63) is 0 Å². The van der Waals surface area contributed by atoms with Crippen molar-refractivity contribution < 1.29 is 54.3 Å². The van der Waals surface area contributed by atoms with Crippen molar-refractivity contribution in [2.45, 2.75) is 45.1 Å². The molecule has 0 aliphatic rings. The zero-order valence-corrected chi connectivity index (χ0v) is 19.7. The van der Waals surface area contributed by atoms with E-state index in [-0.39, 0.29) is 25.8 Å². The van der Waals surface area contributed by atoms with E-state index in [0.717, 1.165) is 16.3 Å². The normalized spacial score (nSPS) is 11.3. The van der Waals surface area contributed by atoms with Gasteiger partial charge in [-0.3, -0.25) is 38.6 Å². The Morgan fingerprint density at radius 3 is 1.57 bits per heavy atom. The summed E-state index contributed by atoms with van der Waals surface area (Å²) in [6, 6.07) is -1.26. The molecular weight excluding hydrogens is 472 g/mol. The van der Waals surface area contributed by atoms with Crippen LogP contribution in [0.4, 0.5) is 0 Å². The number of carbonyl (C=O) groups is 6. The van der Waals surface area contributed by atoms with E-state index in [9.17, 15) is 28.8 Å². The van der Waals surface area contributed by atoms with Crippen molar-refractivity contribution in [1.82, 2.24) is 15.1 Å². The highest BCUT2D eigenvalue weighted by Crippen LogP contribution is 2.11. The molecule has 1 amide bonds. The zero-order chi connectivity index (χ0) is 27.4. The number of aliphatic carboxylic acids is 5. The summed E-state index contributed by atoms with van der Waals surface area (Å²) in [5.74, 6) is -7.44. The van der Waals surface area contributed by atoms with E-state index in [0.29, 0.717) is 0 Å². The molecule has 0 aromatic carbocycles. The number of carbonyl (C=O) groups excluding carboxylic acids is 1. The third-order valence-electron chi connectivity index (χ3n) is 4.31. The lowest BCUT2D eigenvalue weighted by Crippen LogP contribution is -2.51. The average molecular weight is 509 g/mol. The second-order valence-electron chi connectivity index (χ2n) is 7.46. The predicted octanol–water partition coefficient (Wildman–Crippen LogP) is -1.59. The fourth-order valence-corrected chi connectivity index (χ4v) is 2.86. The largest absolute Gasteiger partial charge is 0.480 e. The third kappa shape index (κ3) is 21.0. The maximum Gasteiger partial charge on any atom is 0.322 e. The fraction of sp³-hybridized carbons (Fsp3) is 0.700. The number of nitrogens with zero attached hydrogens (tertiary/aromatic N) is 2. The highest BCUT2D eigenvalue weighted by molar-refractivity contribution is 5.86. The molecule has 15 nitrogen and oxygen atoms in total. The fourth-order valence-electron chi connectivity index (χ4n) is 2.86. The van der Waals surface area contributed by atoms with E-state index < -0.39 is 74.5 Å². The van der Waals surface area contributed by atoms with Crippen LogP contribution in [0.5, 0.6) is 0 Å². The number of hydrogen-bond acceptors (Lipinski definition) is 9. The van der Waals surface area contributed by atoms with Gasteiger partial charge in [-0.15, -0.1) is 0 Å². The summed E-state index contributed by atoms with van der Waals surface area (Å²) in [5, 5.41) is 46.3. The molecule has 15 heteroatoms. The minimum absolute atomic E-state index is 0.0555. The Morgan fingerprint density at radius 1 is 0.743 bits per heavy atom. The number of amides is 1. The predicted molar refractivity (Wildman–Crippen MR) is 121 cm³/mol. The van der Waals surface area contributed by atoms with Crippen LogP contribution in [0.2, 0.25) is 0 Å². The van der Waals surface area contributed by atoms with Gasteiger partial charge in [-0.05, 0) is 32.4 Å². The van der Waals surface area contributed by atoms with Gasteiger partial charge in [0.25, 0.3) is 0 Å². The Balaban J connectivity index is 0. The molecule has 202 valence electrons. The minimum Gasteiger partial charge on any atom is -0.480 e. The van der Waals surface area contributed by atoms with Gasteiger partial charge in [0.2, 0.25) is 5.91 Å². The Hall–Kier alpha value is -3.30. The lowest BCUT2D eigenvalue weighted by atomic mass is 10.1. The summed E-state index contributed by atoms with van der Waals surface area (Å²) in [6.07, 6.45) is 2.75. The number of rotatable bonds is 19. The van der Waals surface area contributed by atoms with Crippen LogP contribution >= 0.6 is 0 Å². The van der Waals surface area contributed by atoms with Crippen LogP contribution in [-0.4, -0.2) is 123 Å². The lowest BCUT2D eigenvalue weighted by Gasteiger charge is -2.28. The molecule has 0 heterocycles. The van der Waals surface area contributed by atoms with Crippen LogP contribution < -0.4 is 11.1 Å². The highest BCUT2D eigenvalue weighted by Gasteiger charge is 2.29. The Kier molecular flexibility index (Phi) is 19.5. The first-order valence-electron chi connectivity index (χ1n) is 10.9. The summed E-state index contributed by atoms with van der Waals surface area (Å²) in [4.78, 5) is 68.6. The van der Waals surface area contributed by atoms with Gasteiger partial charge in [0.05, 0.1) is 32.2 Å². The van der Waals surface area contributed by atoms with Crippen molar-refractivity contribution in [1.29, 1.82) is 0 Å². The summed E-state index contributed by atoms with van der Waals surface area (Å²) >= 11 is 0. The van der Waals surface area contributed by atoms with Crippen molar-refractivity contribution >= 4 is 35.8 Å². The first-order chi connectivity index (χ1) is 16.3. The lowest BCUT2D eigenvalue weighted by molar-refractivity contribution is -0.146. The maximum absolute atomic E-state index is 12.3. The van der Waals surface area contributed by atoms with Gasteiger partial charge in [-0.1, -0.05) is 19.8 Å². The Bertz CT molecular complexity index is 669. The molecule has 0 aromatic heterocycles. The molecule has 0 aliphatic carbocycles. The number of carboxylic acid groups (broad SMARTS) is 5. The molecule has 0 saturated heterocycles. The third-order valence-corrected chi connectivity index (χ3v) is 4.31. The van der Waals surface area contributed by atoms with Crippen molar-refractivity contribution in [3.8, 4) is 0 Å². The first kappa shape index (κ1) is 33.9. The van der Waals surface area contributed by atoms with Crippen LogP contribution in [0.25, 0.3) is 0 Å². The second-order valence-corrected chi connectivity index (χ2v) is 7.46. The molecule has 0 radical (unpaired) electrons. The molecule has 0 aromatic rings. The molecule has 1 atom stereocenters. The summed E-state index contributed by atoms with van der Waals surface area (Å²) < 4.78 is 0. The quantitative estimate of drug-likeness (QED) is 0.0972. The van der Waals surface area contributed by atoms with Crippen molar-refractivity contribution in [3.63, 3.8) is 0 Å². The summed E-state index contributed by atoms with van der Waals surface area (Å²) in [6.45, 7) is -0.293. The van der Waals surface area contributed by atoms with Crippen molar-refractivity contribution in [2.75, 3.05) is 45.8 Å². The van der Waals surface area contributed by atoms with Crippen LogP contribution in [-0.2, 0) is 28.8 Å². The van der Waals surface area contributed by atoms with Gasteiger partial charge in [0.15, 0.2) is 0 Å². The Labute approximate surface area is 202 Å². The van der Waals surface area contributed by atoms with Crippen LogP contribution in [0.1, 0.15) is 39.0 Å². The van der Waals surface area contributed by atoms with Gasteiger partial charge >= 0.3 is 29.8 Å². The van der Waals surface area contributed by atoms with E-state index >= 15 is 0 Å². The number of nitrogens with two attached hydrogens (primary N) is 1. The summed E-state index contributed by atoms with van der Waals surface area (Å²) in [5.41, 5.74) is 5.14. The molecule has 35 heavy (non-hydrogen) atoms. The average Bonchev–Trinajstić information content (AvgIpc) is 2.71. The zero-order valence-electron chi connectivity index (χ0n) is 19.7. The van der Waals surface area contributed by atoms with E-state index in [4.69, 9.17) is 31.3 Å². The van der Waals surface area contributed by atoms with Crippen LogP contribution in [0, 0.1) is 0 Å². The highest BCUT2D eigenvalue weighted by atomic mass is 16.4. The molecule has 0 saturated carbocycles. The number of unbranched alkanes of at least 4 members (excludes halogenated alkanes) is 2. The molecule has 0 bridgehead atoms. The van der Waals surface area contributed by atoms with E-state index in [1.807, 2.05) is 0 Å². The summed E-state index contributed by atoms with van der Waals surface area (Å²) in [7, 11) is 0. The van der Waals surface area contributed by atoms with Gasteiger partial charge in [-0.25, -0.2) is 0 Å². The smallest absolute Gasteiger partial charge is 0.322 e. The standard InChI is InChI=1S/C16H25N3O11.C4H11N/c20-11(21)5-17-16(30)10(19(8-14(26)27)9-15(28)29)3-1-2-4-18(6-12(22)23)7-13(24)25;1-2-3-4-5/h10H,1-9H2,(H,17,30)(H,20,21)(H,22,23)(H,24,25)(H,26,27)(H,28,29);2-5H2,1H3/t10-;/m0./s1. The molecule has 8 N–H and O–H groups in total. The Morgan fingerprint density at radius 2 is 1.23 bits per heavy atom. The van der Waals surface area contributed by atoms with Crippen LogP contribution in [0.3, 0.4) is 0 Å². The molecule has 0 fully saturated rings. The first-order valence-corrected chi connectivity index (χ1v) is 10.9. The van der Waals surface area contributed by atoms with E-state index in [1.165, 1.54) is 12.8 Å². The molecule has 0 aliphatic heterocycles. The van der Waals surface area contributed by atoms with E-state index in [2.05, 4.69) is 12.2 Å². The maximum atomic E-state index is 12.3. The minimum atomic E-state index is -1.39. The van der Waals surface area contributed by atoms with Gasteiger partial charge < -0.3 is 36.6 Å². The number of carboxylic acids is 5. The van der Waals surface area contributed by atoms with E-state index in [1.54, 1.807) is 0 Å². The second kappa shape index (κ2) is 20.1. The van der Waals surface area contributed by atoms with Crippen LogP contribution in [0.15, 0.2) is 0 Å². The number of hydrogen-bond donors (Lipinski definition) is 7. The van der Waals surface area contributed by atoms with Gasteiger partial charge in [0.1, 0.15) is 6.54 Å². The van der Waals surface area contributed by atoms with Gasteiger partial charge in [0, 0.05) is 0 Å². The molecular formula is C20H36N4O11. The molecule has 0 spiro atoms. The monoisotopic (exact) mass is 508 g/mol. The van der Waals surface area contributed by atoms with Gasteiger partial charge in [-0.2, -0.15) is 0 Å². The van der Waals surface area contributed by atoms with Crippen molar-refractivity contribution in [2.24, 2.45) is 5.73 Å². The topological polar surface area (TPSA) is 248 Å². The SMILES string of the molecule is CCCCN.O=C(O)CNC(=O)[C@H](CCCCN(CC(=O)O)CC(=O)O)N(CC(=O)O)CC(=O)O. The molecule has 0 rings (SSSR count). The number of nitrogens with one attached hydrogen (secondary N) is 1.